The standard InChI is InChI=1S/C22H25F3O3/c1-14-12-16(13-15(2)20(14)28-21(3,4)5)6-11-19(26)17-7-9-18(10-8-17)27-22(23,24)25/h7-10,12-13H,6,11H2,1-5H3. The third kappa shape index (κ3) is 6.59. The molecule has 3 nitrogen and oxygen atoms in total. The van der Waals surface area contributed by atoms with Gasteiger partial charge in [0.25, 0.3) is 0 Å². The van der Waals surface area contributed by atoms with Crippen molar-refractivity contribution in [2.45, 2.75) is 59.4 Å². The van der Waals surface area contributed by atoms with Gasteiger partial charge in [-0.2, -0.15) is 0 Å². The molecule has 0 unspecified atom stereocenters. The first-order chi connectivity index (χ1) is 12.8. The zero-order valence-electron chi connectivity index (χ0n) is 16.7. The molecule has 0 spiro atoms. The van der Waals surface area contributed by atoms with Gasteiger partial charge < -0.3 is 9.47 Å². The summed E-state index contributed by atoms with van der Waals surface area (Å²) in [5, 5.41) is 0. The second-order valence-corrected chi connectivity index (χ2v) is 7.77. The molecule has 152 valence electrons. The minimum absolute atomic E-state index is 0.135. The lowest BCUT2D eigenvalue weighted by molar-refractivity contribution is -0.274. The Bertz CT molecular complexity index is 809. The Balaban J connectivity index is 2.03. The maximum atomic E-state index is 12.4. The highest BCUT2D eigenvalue weighted by Crippen LogP contribution is 2.29. The van der Waals surface area contributed by atoms with E-state index >= 15 is 0 Å². The van der Waals surface area contributed by atoms with Crippen molar-refractivity contribution in [2.24, 2.45) is 0 Å². The summed E-state index contributed by atoms with van der Waals surface area (Å²) in [5.74, 6) is 0.372. The fourth-order valence-corrected chi connectivity index (χ4v) is 2.90. The highest BCUT2D eigenvalue weighted by molar-refractivity contribution is 5.96. The van der Waals surface area contributed by atoms with Crippen LogP contribution in [0.5, 0.6) is 11.5 Å². The molecule has 0 radical (unpaired) electrons. The molecule has 0 N–H and O–H groups in total. The normalized spacial score (nSPS) is 12.0. The molecule has 0 heterocycles. The lowest BCUT2D eigenvalue weighted by Crippen LogP contribution is -2.24. The zero-order chi connectivity index (χ0) is 21.1. The van der Waals surface area contributed by atoms with Gasteiger partial charge in [-0.3, -0.25) is 4.79 Å². The Labute approximate surface area is 163 Å². The van der Waals surface area contributed by atoms with Crippen LogP contribution in [-0.4, -0.2) is 17.7 Å². The molecule has 6 heteroatoms. The fourth-order valence-electron chi connectivity index (χ4n) is 2.90. The van der Waals surface area contributed by atoms with Crippen LogP contribution >= 0.6 is 0 Å². The van der Waals surface area contributed by atoms with Gasteiger partial charge in [0.2, 0.25) is 0 Å². The topological polar surface area (TPSA) is 35.5 Å². The molecule has 0 fully saturated rings. The molecule has 0 atom stereocenters. The maximum Gasteiger partial charge on any atom is 0.573 e. The summed E-state index contributed by atoms with van der Waals surface area (Å²) in [6.45, 7) is 9.91. The van der Waals surface area contributed by atoms with E-state index < -0.39 is 6.36 Å². The fraction of sp³-hybridized carbons (Fsp3) is 0.409. The minimum Gasteiger partial charge on any atom is -0.488 e. The van der Waals surface area contributed by atoms with E-state index in [0.29, 0.717) is 12.0 Å². The summed E-state index contributed by atoms with van der Waals surface area (Å²) in [6.07, 6.45) is -3.95. The summed E-state index contributed by atoms with van der Waals surface area (Å²) in [4.78, 5) is 12.4. The molecule has 2 aromatic carbocycles. The number of hydrogen-bond donors (Lipinski definition) is 0. The number of ketones is 1. The van der Waals surface area contributed by atoms with Crippen LogP contribution in [0, 0.1) is 13.8 Å². The van der Waals surface area contributed by atoms with E-state index in [0.717, 1.165) is 34.6 Å². The van der Waals surface area contributed by atoms with Crippen LogP contribution in [0.2, 0.25) is 0 Å². The van der Waals surface area contributed by atoms with Crippen LogP contribution in [0.3, 0.4) is 0 Å². The van der Waals surface area contributed by atoms with Gasteiger partial charge in [0.15, 0.2) is 5.78 Å². The first kappa shape index (κ1) is 21.8. The van der Waals surface area contributed by atoms with Gasteiger partial charge >= 0.3 is 6.36 Å². The molecule has 0 aromatic heterocycles. The highest BCUT2D eigenvalue weighted by atomic mass is 19.4. The molecule has 0 amide bonds. The van der Waals surface area contributed by atoms with Crippen molar-refractivity contribution in [3.8, 4) is 11.5 Å². The Morgan fingerprint density at radius 3 is 1.93 bits per heavy atom. The van der Waals surface area contributed by atoms with E-state index in [9.17, 15) is 18.0 Å². The molecular weight excluding hydrogens is 369 g/mol. The largest absolute Gasteiger partial charge is 0.573 e. The van der Waals surface area contributed by atoms with E-state index in [2.05, 4.69) is 4.74 Å². The number of Topliss-reactive ketones (excluding diaryl/α,β-unsaturated/α-hetero) is 1. The predicted molar refractivity (Wildman–Crippen MR) is 102 cm³/mol. The van der Waals surface area contributed by atoms with Gasteiger partial charge in [0, 0.05) is 12.0 Å². The van der Waals surface area contributed by atoms with E-state index in [4.69, 9.17) is 4.74 Å². The number of hydrogen-bond acceptors (Lipinski definition) is 3. The predicted octanol–water partition coefficient (Wildman–Crippen LogP) is 6.19. The number of aryl methyl sites for hydroxylation is 3. The Kier molecular flexibility index (Phi) is 6.42. The van der Waals surface area contributed by atoms with Gasteiger partial charge in [-0.25, -0.2) is 0 Å². The monoisotopic (exact) mass is 394 g/mol. The summed E-state index contributed by atoms with van der Waals surface area (Å²) < 4.78 is 46.4. The van der Waals surface area contributed by atoms with Crippen LogP contribution in [-0.2, 0) is 6.42 Å². The van der Waals surface area contributed by atoms with Crippen LogP contribution < -0.4 is 9.47 Å². The molecule has 0 aliphatic heterocycles. The first-order valence-electron chi connectivity index (χ1n) is 9.02. The number of rotatable bonds is 6. The highest BCUT2D eigenvalue weighted by Gasteiger charge is 2.31. The molecule has 2 aromatic rings. The lowest BCUT2D eigenvalue weighted by Gasteiger charge is -2.24. The Morgan fingerprint density at radius 2 is 1.46 bits per heavy atom. The van der Waals surface area contributed by atoms with Gasteiger partial charge in [-0.05, 0) is 82.0 Å². The summed E-state index contributed by atoms with van der Waals surface area (Å²) in [5.41, 5.74) is 3.09. The van der Waals surface area contributed by atoms with Crippen LogP contribution in [0.25, 0.3) is 0 Å². The van der Waals surface area contributed by atoms with Gasteiger partial charge in [0.1, 0.15) is 17.1 Å². The third-order valence-electron chi connectivity index (χ3n) is 3.98. The molecule has 0 aliphatic carbocycles. The molecule has 0 aliphatic rings. The van der Waals surface area contributed by atoms with Crippen molar-refractivity contribution in [3.63, 3.8) is 0 Å². The van der Waals surface area contributed by atoms with Crippen molar-refractivity contribution >= 4 is 5.78 Å². The maximum absolute atomic E-state index is 12.4. The number of ether oxygens (including phenoxy) is 2. The van der Waals surface area contributed by atoms with Gasteiger partial charge in [-0.15, -0.1) is 13.2 Å². The summed E-state index contributed by atoms with van der Waals surface area (Å²) in [6, 6.07) is 8.99. The van der Waals surface area contributed by atoms with E-state index in [-0.39, 0.29) is 23.6 Å². The van der Waals surface area contributed by atoms with Crippen molar-refractivity contribution in [2.75, 3.05) is 0 Å². The Hall–Kier alpha value is -2.50. The van der Waals surface area contributed by atoms with Crippen molar-refractivity contribution in [1.29, 1.82) is 0 Å². The van der Waals surface area contributed by atoms with Crippen molar-refractivity contribution in [1.82, 2.24) is 0 Å². The van der Waals surface area contributed by atoms with E-state index in [1.54, 1.807) is 0 Å². The van der Waals surface area contributed by atoms with E-state index in [1.165, 1.54) is 12.1 Å². The van der Waals surface area contributed by atoms with Crippen LogP contribution in [0.15, 0.2) is 36.4 Å². The lowest BCUT2D eigenvalue weighted by atomic mass is 9.99. The van der Waals surface area contributed by atoms with Crippen molar-refractivity contribution < 1.29 is 27.4 Å². The number of alkyl halides is 3. The minimum atomic E-state index is -4.75. The smallest absolute Gasteiger partial charge is 0.488 e. The molecule has 0 bridgehead atoms. The average Bonchev–Trinajstić information content (AvgIpc) is 2.54. The second-order valence-electron chi connectivity index (χ2n) is 7.77. The van der Waals surface area contributed by atoms with Crippen LogP contribution in [0.4, 0.5) is 13.2 Å². The first-order valence-corrected chi connectivity index (χ1v) is 9.02. The second kappa shape index (κ2) is 8.25. The molecular formula is C22H25F3O3. The zero-order valence-corrected chi connectivity index (χ0v) is 16.7. The SMILES string of the molecule is Cc1cc(CCC(=O)c2ccc(OC(F)(F)F)cc2)cc(C)c1OC(C)(C)C. The summed E-state index contributed by atoms with van der Waals surface area (Å²) in [7, 11) is 0. The van der Waals surface area contributed by atoms with E-state index in [1.807, 2.05) is 46.8 Å². The summed E-state index contributed by atoms with van der Waals surface area (Å²) >= 11 is 0. The van der Waals surface area contributed by atoms with Gasteiger partial charge in [0.05, 0.1) is 0 Å². The molecule has 0 saturated carbocycles. The number of halogens is 3. The van der Waals surface area contributed by atoms with Gasteiger partial charge in [-0.1, -0.05) is 12.1 Å². The molecule has 0 saturated heterocycles. The third-order valence-corrected chi connectivity index (χ3v) is 3.98. The Morgan fingerprint density at radius 1 is 0.929 bits per heavy atom. The number of carbonyl (C=O) groups excluding carboxylic acids is 1. The molecule has 2 rings (SSSR count). The number of carbonyl (C=O) groups is 1. The quantitative estimate of drug-likeness (QED) is 0.548. The average molecular weight is 394 g/mol. The molecule has 28 heavy (non-hydrogen) atoms. The number of benzene rings is 2. The van der Waals surface area contributed by atoms with Crippen LogP contribution in [0.1, 0.15) is 54.2 Å². The van der Waals surface area contributed by atoms with Crippen molar-refractivity contribution in [3.05, 3.63) is 58.7 Å².